The van der Waals surface area contributed by atoms with E-state index < -0.39 is 9.84 Å². The van der Waals surface area contributed by atoms with Crippen molar-refractivity contribution in [2.24, 2.45) is 0 Å². The molecule has 2 aromatic carbocycles. The highest BCUT2D eigenvalue weighted by Gasteiger charge is 2.30. The molecule has 166 valence electrons. The van der Waals surface area contributed by atoms with E-state index in [1.807, 2.05) is 36.4 Å². The number of anilines is 2. The Morgan fingerprint density at radius 1 is 1.06 bits per heavy atom. The minimum Gasteiger partial charge on any atom is -0.339 e. The molecule has 1 fully saturated rings. The molecule has 1 aromatic heterocycles. The van der Waals surface area contributed by atoms with E-state index in [1.165, 1.54) is 0 Å². The van der Waals surface area contributed by atoms with Crippen molar-refractivity contribution in [2.75, 3.05) is 11.1 Å². The third kappa shape index (κ3) is 4.46. The number of rotatable bonds is 5. The van der Waals surface area contributed by atoms with E-state index in [4.69, 9.17) is 11.6 Å². The van der Waals surface area contributed by atoms with Crippen molar-refractivity contribution in [3.05, 3.63) is 64.8 Å². The SMILES string of the molecule is O=S1(=O)CCCc2nc(-c3cccc(Cl)c3)nc(Nc3ccc(CC4NNNN4)cc3)c21. The van der Waals surface area contributed by atoms with Crippen LogP contribution in [0.15, 0.2) is 53.4 Å². The summed E-state index contributed by atoms with van der Waals surface area (Å²) in [7, 11) is -3.47. The molecule has 0 saturated carbocycles. The van der Waals surface area contributed by atoms with Gasteiger partial charge in [-0.05, 0) is 42.7 Å². The lowest BCUT2D eigenvalue weighted by Gasteiger charge is -2.20. The van der Waals surface area contributed by atoms with E-state index in [0.29, 0.717) is 35.2 Å². The molecule has 0 amide bonds. The molecule has 3 aromatic rings. The molecule has 0 atom stereocenters. The van der Waals surface area contributed by atoms with E-state index in [2.05, 4.69) is 37.2 Å². The fourth-order valence-electron chi connectivity index (χ4n) is 3.85. The molecule has 11 heteroatoms. The second kappa shape index (κ2) is 8.74. The topological polar surface area (TPSA) is 120 Å². The van der Waals surface area contributed by atoms with Gasteiger partial charge in [0.2, 0.25) is 0 Å². The zero-order chi connectivity index (χ0) is 22.1. The number of sulfone groups is 1. The Labute approximate surface area is 190 Å². The molecule has 9 nitrogen and oxygen atoms in total. The van der Waals surface area contributed by atoms with Gasteiger partial charge >= 0.3 is 0 Å². The smallest absolute Gasteiger partial charge is 0.183 e. The number of benzene rings is 2. The Kier molecular flexibility index (Phi) is 5.80. The quantitative estimate of drug-likeness (QED) is 0.381. The van der Waals surface area contributed by atoms with Crippen molar-refractivity contribution >= 4 is 32.9 Å². The standard InChI is InChI=1S/C21H22ClN7O2S/c22-15-4-1-3-14(12-15)20-24-17-5-2-10-32(30,31)19(17)21(25-20)23-16-8-6-13(7-9-16)11-18-26-28-29-27-18/h1,3-4,6-9,12,18,26-29H,2,5,10-11H2,(H,23,24,25). The van der Waals surface area contributed by atoms with Gasteiger partial charge in [-0.2, -0.15) is 11.1 Å². The fraction of sp³-hybridized carbons (Fsp3) is 0.238. The number of nitrogens with one attached hydrogen (secondary N) is 5. The highest BCUT2D eigenvalue weighted by atomic mass is 35.5. The van der Waals surface area contributed by atoms with Crippen molar-refractivity contribution in [2.45, 2.75) is 30.3 Å². The summed E-state index contributed by atoms with van der Waals surface area (Å²) in [6.07, 6.45) is 1.95. The maximum Gasteiger partial charge on any atom is 0.183 e. The van der Waals surface area contributed by atoms with Gasteiger partial charge in [-0.25, -0.2) is 29.2 Å². The molecule has 5 N–H and O–H groups in total. The maximum atomic E-state index is 12.9. The molecular weight excluding hydrogens is 450 g/mol. The van der Waals surface area contributed by atoms with Gasteiger partial charge in [0, 0.05) is 22.7 Å². The van der Waals surface area contributed by atoms with Crippen LogP contribution in [0.3, 0.4) is 0 Å². The molecule has 0 unspecified atom stereocenters. The predicted octanol–water partition coefficient (Wildman–Crippen LogP) is 2.25. The van der Waals surface area contributed by atoms with Crippen LogP contribution in [0.25, 0.3) is 11.4 Å². The number of hydrazine groups is 3. The summed E-state index contributed by atoms with van der Waals surface area (Å²) in [6, 6.07) is 15.0. The summed E-state index contributed by atoms with van der Waals surface area (Å²) in [6.45, 7) is 0. The second-order valence-corrected chi connectivity index (χ2v) is 10.2. The zero-order valence-electron chi connectivity index (χ0n) is 17.0. The van der Waals surface area contributed by atoms with Crippen LogP contribution in [0.1, 0.15) is 17.7 Å². The molecule has 0 aliphatic carbocycles. The van der Waals surface area contributed by atoms with Gasteiger partial charge in [0.15, 0.2) is 21.5 Å². The van der Waals surface area contributed by atoms with Crippen LogP contribution >= 0.6 is 11.6 Å². The number of halogens is 1. The van der Waals surface area contributed by atoms with Gasteiger partial charge < -0.3 is 5.32 Å². The Balaban J connectivity index is 1.50. The monoisotopic (exact) mass is 471 g/mol. The average molecular weight is 472 g/mol. The van der Waals surface area contributed by atoms with E-state index in [1.54, 1.807) is 12.1 Å². The third-order valence-corrected chi connectivity index (χ3v) is 7.48. The van der Waals surface area contributed by atoms with Crippen molar-refractivity contribution in [3.8, 4) is 11.4 Å². The van der Waals surface area contributed by atoms with E-state index in [-0.39, 0.29) is 16.8 Å². The van der Waals surface area contributed by atoms with E-state index in [0.717, 1.165) is 23.2 Å². The number of fused-ring (bicyclic) bond motifs is 1. The molecule has 0 bridgehead atoms. The van der Waals surface area contributed by atoms with Crippen molar-refractivity contribution in [1.82, 2.24) is 31.9 Å². The van der Waals surface area contributed by atoms with Gasteiger partial charge in [-0.1, -0.05) is 35.9 Å². The summed E-state index contributed by atoms with van der Waals surface area (Å²) in [5, 5.41) is 3.78. The van der Waals surface area contributed by atoms with Gasteiger partial charge in [0.1, 0.15) is 4.90 Å². The normalized spacial score (nSPS) is 17.8. The Hall–Kier alpha value is -2.60. The average Bonchev–Trinajstić information content (AvgIpc) is 3.27. The number of hydrogen-bond acceptors (Lipinski definition) is 9. The molecule has 5 rings (SSSR count). The summed E-state index contributed by atoms with van der Waals surface area (Å²) in [5.41, 5.74) is 14.8. The Morgan fingerprint density at radius 3 is 2.59 bits per heavy atom. The zero-order valence-corrected chi connectivity index (χ0v) is 18.6. The van der Waals surface area contributed by atoms with Crippen LogP contribution in [0.4, 0.5) is 11.5 Å². The summed E-state index contributed by atoms with van der Waals surface area (Å²) < 4.78 is 25.7. The first-order chi connectivity index (χ1) is 15.5. The van der Waals surface area contributed by atoms with E-state index >= 15 is 0 Å². The number of aryl methyl sites for hydroxylation is 1. The van der Waals surface area contributed by atoms with Gasteiger partial charge in [0.05, 0.1) is 17.6 Å². The van der Waals surface area contributed by atoms with Crippen LogP contribution in [0, 0.1) is 0 Å². The van der Waals surface area contributed by atoms with E-state index in [9.17, 15) is 8.42 Å². The first-order valence-electron chi connectivity index (χ1n) is 10.2. The molecular formula is C21H22ClN7O2S. The van der Waals surface area contributed by atoms with Crippen LogP contribution in [-0.4, -0.2) is 30.3 Å². The lowest BCUT2D eigenvalue weighted by Crippen LogP contribution is -2.35. The molecule has 2 aliphatic heterocycles. The first-order valence-corrected chi connectivity index (χ1v) is 12.3. The van der Waals surface area contributed by atoms with Crippen LogP contribution in [0.5, 0.6) is 0 Å². The predicted molar refractivity (Wildman–Crippen MR) is 123 cm³/mol. The van der Waals surface area contributed by atoms with Gasteiger partial charge in [-0.3, -0.25) is 0 Å². The van der Waals surface area contributed by atoms with Gasteiger partial charge in [-0.15, -0.1) is 0 Å². The Morgan fingerprint density at radius 2 is 1.84 bits per heavy atom. The lowest BCUT2D eigenvalue weighted by atomic mass is 10.1. The van der Waals surface area contributed by atoms with Crippen molar-refractivity contribution in [3.63, 3.8) is 0 Å². The van der Waals surface area contributed by atoms with Gasteiger partial charge in [0.25, 0.3) is 0 Å². The van der Waals surface area contributed by atoms with Crippen molar-refractivity contribution in [1.29, 1.82) is 0 Å². The first kappa shape index (κ1) is 21.3. The fourth-order valence-corrected chi connectivity index (χ4v) is 5.66. The molecule has 32 heavy (non-hydrogen) atoms. The number of hydrogen-bond donors (Lipinski definition) is 5. The summed E-state index contributed by atoms with van der Waals surface area (Å²) >= 11 is 6.14. The largest absolute Gasteiger partial charge is 0.339 e. The van der Waals surface area contributed by atoms with Crippen molar-refractivity contribution < 1.29 is 8.42 Å². The molecule has 0 spiro atoms. The summed E-state index contributed by atoms with van der Waals surface area (Å²) in [4.78, 5) is 9.37. The lowest BCUT2D eigenvalue weighted by molar-refractivity contribution is 0.522. The summed E-state index contributed by atoms with van der Waals surface area (Å²) in [5.74, 6) is 0.836. The minimum absolute atomic E-state index is 0.0630. The molecule has 0 radical (unpaired) electrons. The Bertz CT molecular complexity index is 1250. The molecule has 2 aliphatic rings. The number of nitrogens with zero attached hydrogens (tertiary/aromatic N) is 2. The van der Waals surface area contributed by atoms with Crippen LogP contribution < -0.4 is 27.2 Å². The third-order valence-electron chi connectivity index (χ3n) is 5.37. The number of aromatic nitrogens is 2. The van der Waals surface area contributed by atoms with Crippen LogP contribution in [-0.2, 0) is 22.7 Å². The van der Waals surface area contributed by atoms with Crippen LogP contribution in [0.2, 0.25) is 5.02 Å². The highest BCUT2D eigenvalue weighted by Crippen LogP contribution is 2.34. The second-order valence-electron chi connectivity index (χ2n) is 7.72. The highest BCUT2D eigenvalue weighted by molar-refractivity contribution is 7.91. The molecule has 3 heterocycles. The minimum atomic E-state index is -3.47. The molecule has 1 saturated heterocycles. The maximum absolute atomic E-state index is 12.9.